The van der Waals surface area contributed by atoms with Gasteiger partial charge < -0.3 is 5.32 Å². The number of hydrogen-bond acceptors (Lipinski definition) is 2. The van der Waals surface area contributed by atoms with Crippen LogP contribution in [0.25, 0.3) is 0 Å². The minimum atomic E-state index is 0.571. The lowest BCUT2D eigenvalue weighted by Crippen LogP contribution is -2.49. The van der Waals surface area contributed by atoms with Crippen molar-refractivity contribution < 1.29 is 0 Å². The van der Waals surface area contributed by atoms with Crippen LogP contribution in [0.4, 0.5) is 0 Å². The standard InChI is InChI=1S/C18H30N2/c1-13-10-14(2)17(15(3)11-13)12-20-9-7-6-8-18(20)16(4)19-5/h10-11,16,18-19H,6-9,12H2,1-5H3. The fourth-order valence-electron chi connectivity index (χ4n) is 3.63. The van der Waals surface area contributed by atoms with Gasteiger partial charge in [0.15, 0.2) is 0 Å². The van der Waals surface area contributed by atoms with Gasteiger partial charge in [0, 0.05) is 18.6 Å². The highest BCUT2D eigenvalue weighted by Crippen LogP contribution is 2.25. The van der Waals surface area contributed by atoms with Crippen molar-refractivity contribution in [2.75, 3.05) is 13.6 Å². The summed E-state index contributed by atoms with van der Waals surface area (Å²) in [6.45, 7) is 11.4. The Morgan fingerprint density at radius 1 is 1.20 bits per heavy atom. The lowest BCUT2D eigenvalue weighted by atomic mass is 9.93. The van der Waals surface area contributed by atoms with Gasteiger partial charge in [-0.05, 0) is 70.8 Å². The zero-order valence-electron chi connectivity index (χ0n) is 13.8. The first kappa shape index (κ1) is 15.5. The Bertz CT molecular complexity index is 430. The number of likely N-dealkylation sites (N-methyl/N-ethyl adjacent to an activating group) is 1. The van der Waals surface area contributed by atoms with Gasteiger partial charge in [0.2, 0.25) is 0 Å². The zero-order chi connectivity index (χ0) is 14.7. The summed E-state index contributed by atoms with van der Waals surface area (Å²) >= 11 is 0. The van der Waals surface area contributed by atoms with E-state index in [0.717, 1.165) is 6.54 Å². The summed E-state index contributed by atoms with van der Waals surface area (Å²) in [7, 11) is 2.08. The van der Waals surface area contributed by atoms with Crippen LogP contribution in [0.1, 0.15) is 48.4 Å². The summed E-state index contributed by atoms with van der Waals surface area (Å²) < 4.78 is 0. The quantitative estimate of drug-likeness (QED) is 0.903. The molecule has 20 heavy (non-hydrogen) atoms. The second-order valence-corrected chi connectivity index (χ2v) is 6.49. The molecule has 0 aliphatic carbocycles. The number of likely N-dealkylation sites (tertiary alicyclic amines) is 1. The van der Waals surface area contributed by atoms with Gasteiger partial charge in [0.25, 0.3) is 0 Å². The molecule has 1 heterocycles. The first-order chi connectivity index (χ1) is 9.52. The Balaban J connectivity index is 2.19. The van der Waals surface area contributed by atoms with Gasteiger partial charge in [-0.15, -0.1) is 0 Å². The van der Waals surface area contributed by atoms with Crippen LogP contribution in [-0.4, -0.2) is 30.6 Å². The highest BCUT2D eigenvalue weighted by molar-refractivity contribution is 5.37. The number of nitrogens with zero attached hydrogens (tertiary/aromatic N) is 1. The van der Waals surface area contributed by atoms with Gasteiger partial charge in [-0.1, -0.05) is 24.1 Å². The molecule has 2 rings (SSSR count). The Kier molecular flexibility index (Phi) is 5.22. The van der Waals surface area contributed by atoms with E-state index in [1.165, 1.54) is 48.1 Å². The third-order valence-electron chi connectivity index (χ3n) is 4.90. The number of benzene rings is 1. The molecule has 0 saturated carbocycles. The van der Waals surface area contributed by atoms with Gasteiger partial charge in [0.1, 0.15) is 0 Å². The molecule has 2 nitrogen and oxygen atoms in total. The number of aryl methyl sites for hydroxylation is 3. The van der Waals surface area contributed by atoms with E-state index in [4.69, 9.17) is 0 Å². The molecular weight excluding hydrogens is 244 g/mol. The average Bonchev–Trinajstić information content (AvgIpc) is 2.42. The van der Waals surface area contributed by atoms with Crippen molar-refractivity contribution in [3.63, 3.8) is 0 Å². The molecule has 1 aromatic rings. The van der Waals surface area contributed by atoms with E-state index in [2.05, 4.69) is 57.1 Å². The van der Waals surface area contributed by atoms with Crippen molar-refractivity contribution in [3.8, 4) is 0 Å². The number of nitrogens with one attached hydrogen (secondary N) is 1. The van der Waals surface area contributed by atoms with Crippen molar-refractivity contribution in [3.05, 3.63) is 34.4 Å². The third kappa shape index (κ3) is 3.42. The molecule has 0 amide bonds. The molecule has 0 bridgehead atoms. The molecule has 1 aliphatic rings. The molecule has 0 spiro atoms. The van der Waals surface area contributed by atoms with Crippen molar-refractivity contribution in [2.45, 2.75) is 65.6 Å². The van der Waals surface area contributed by atoms with Crippen LogP contribution in [0.15, 0.2) is 12.1 Å². The van der Waals surface area contributed by atoms with Crippen molar-refractivity contribution in [1.29, 1.82) is 0 Å². The fourth-order valence-corrected chi connectivity index (χ4v) is 3.63. The van der Waals surface area contributed by atoms with Crippen LogP contribution >= 0.6 is 0 Å². The van der Waals surface area contributed by atoms with Gasteiger partial charge in [-0.2, -0.15) is 0 Å². The van der Waals surface area contributed by atoms with Crippen molar-refractivity contribution in [1.82, 2.24) is 10.2 Å². The maximum Gasteiger partial charge on any atom is 0.0250 e. The molecule has 1 fully saturated rings. The minimum Gasteiger partial charge on any atom is -0.316 e. The van der Waals surface area contributed by atoms with Gasteiger partial charge in [-0.25, -0.2) is 0 Å². The number of piperidine rings is 1. The second-order valence-electron chi connectivity index (χ2n) is 6.49. The minimum absolute atomic E-state index is 0.571. The average molecular weight is 274 g/mol. The summed E-state index contributed by atoms with van der Waals surface area (Å²) in [5.74, 6) is 0. The summed E-state index contributed by atoms with van der Waals surface area (Å²) in [5.41, 5.74) is 5.81. The SMILES string of the molecule is CNC(C)C1CCCCN1Cc1c(C)cc(C)cc1C. The van der Waals surface area contributed by atoms with Crippen molar-refractivity contribution in [2.24, 2.45) is 0 Å². The van der Waals surface area contributed by atoms with E-state index in [9.17, 15) is 0 Å². The lowest BCUT2D eigenvalue weighted by Gasteiger charge is -2.39. The molecule has 1 aliphatic heterocycles. The number of hydrogen-bond donors (Lipinski definition) is 1. The van der Waals surface area contributed by atoms with Crippen LogP contribution in [0, 0.1) is 20.8 Å². The summed E-state index contributed by atoms with van der Waals surface area (Å²) in [6.07, 6.45) is 4.04. The largest absolute Gasteiger partial charge is 0.316 e. The molecule has 112 valence electrons. The summed E-state index contributed by atoms with van der Waals surface area (Å²) in [5, 5.41) is 3.45. The Morgan fingerprint density at radius 3 is 2.45 bits per heavy atom. The predicted octanol–water partition coefficient (Wildman–Crippen LogP) is 3.57. The topological polar surface area (TPSA) is 15.3 Å². The fraction of sp³-hybridized carbons (Fsp3) is 0.667. The Labute approximate surface area is 124 Å². The normalized spacial score (nSPS) is 21.9. The molecule has 2 atom stereocenters. The van der Waals surface area contributed by atoms with E-state index < -0.39 is 0 Å². The molecule has 1 N–H and O–H groups in total. The monoisotopic (exact) mass is 274 g/mol. The second kappa shape index (κ2) is 6.73. The zero-order valence-corrected chi connectivity index (χ0v) is 13.8. The molecule has 2 heteroatoms. The first-order valence-electron chi connectivity index (χ1n) is 8.01. The molecule has 0 aromatic heterocycles. The molecule has 2 unspecified atom stereocenters. The van der Waals surface area contributed by atoms with Crippen LogP contribution in [0.5, 0.6) is 0 Å². The van der Waals surface area contributed by atoms with Gasteiger partial charge in [0.05, 0.1) is 0 Å². The van der Waals surface area contributed by atoms with E-state index in [1.807, 2.05) is 0 Å². The lowest BCUT2D eigenvalue weighted by molar-refractivity contribution is 0.114. The summed E-state index contributed by atoms with van der Waals surface area (Å²) in [6, 6.07) is 5.89. The van der Waals surface area contributed by atoms with Gasteiger partial charge in [-0.3, -0.25) is 4.90 Å². The highest BCUT2D eigenvalue weighted by atomic mass is 15.2. The predicted molar refractivity (Wildman–Crippen MR) is 87.2 cm³/mol. The summed E-state index contributed by atoms with van der Waals surface area (Å²) in [4.78, 5) is 2.69. The maximum atomic E-state index is 3.45. The van der Waals surface area contributed by atoms with Crippen molar-refractivity contribution >= 4 is 0 Å². The smallest absolute Gasteiger partial charge is 0.0250 e. The van der Waals surface area contributed by atoms with Crippen LogP contribution < -0.4 is 5.32 Å². The Hall–Kier alpha value is -0.860. The van der Waals surface area contributed by atoms with E-state index in [1.54, 1.807) is 0 Å². The number of rotatable bonds is 4. The van der Waals surface area contributed by atoms with Crippen LogP contribution in [0.3, 0.4) is 0 Å². The van der Waals surface area contributed by atoms with Gasteiger partial charge >= 0.3 is 0 Å². The first-order valence-corrected chi connectivity index (χ1v) is 8.01. The molecule has 1 aromatic carbocycles. The highest BCUT2D eigenvalue weighted by Gasteiger charge is 2.27. The molecule has 0 radical (unpaired) electrons. The van der Waals surface area contributed by atoms with E-state index in [-0.39, 0.29) is 0 Å². The third-order valence-corrected chi connectivity index (χ3v) is 4.90. The maximum absolute atomic E-state index is 3.45. The van der Waals surface area contributed by atoms with Crippen LogP contribution in [-0.2, 0) is 6.54 Å². The molecular formula is C18H30N2. The van der Waals surface area contributed by atoms with Crippen LogP contribution in [0.2, 0.25) is 0 Å². The van der Waals surface area contributed by atoms with E-state index >= 15 is 0 Å². The Morgan fingerprint density at radius 2 is 1.85 bits per heavy atom. The molecule has 1 saturated heterocycles. The van der Waals surface area contributed by atoms with E-state index in [0.29, 0.717) is 12.1 Å².